The lowest BCUT2D eigenvalue weighted by atomic mass is 10.1. The van der Waals surface area contributed by atoms with Crippen LogP contribution in [0.5, 0.6) is 0 Å². The molecule has 0 aliphatic heterocycles. The molecular weight excluding hydrogens is 344 g/mol. The first-order valence-corrected chi connectivity index (χ1v) is 8.57. The van der Waals surface area contributed by atoms with Gasteiger partial charge in [0.05, 0.1) is 36.0 Å². The van der Waals surface area contributed by atoms with Crippen LogP contribution in [0.4, 0.5) is 5.69 Å². The predicted octanol–water partition coefficient (Wildman–Crippen LogP) is 3.70. The molecule has 7 heteroatoms. The summed E-state index contributed by atoms with van der Waals surface area (Å²) in [4.78, 5) is 21.0. The predicted molar refractivity (Wildman–Crippen MR) is 100 cm³/mol. The highest BCUT2D eigenvalue weighted by Gasteiger charge is 2.17. The fraction of sp³-hybridized carbons (Fsp3) is 0.150. The Hall–Kier alpha value is -3.45. The van der Waals surface area contributed by atoms with Crippen LogP contribution < -0.4 is 11.1 Å². The van der Waals surface area contributed by atoms with Gasteiger partial charge in [-0.15, -0.1) is 0 Å². The molecule has 4 rings (SSSR count). The number of fused-ring (bicyclic) bond motifs is 1. The van der Waals surface area contributed by atoms with Crippen molar-refractivity contribution in [1.29, 1.82) is 0 Å². The molecule has 136 valence electrons. The lowest BCUT2D eigenvalue weighted by Gasteiger charge is -2.06. The van der Waals surface area contributed by atoms with Gasteiger partial charge < -0.3 is 19.9 Å². The molecular formula is C20H18N4O3. The molecule has 3 aromatic heterocycles. The van der Waals surface area contributed by atoms with E-state index >= 15 is 0 Å². The Bertz CT molecular complexity index is 1060. The second-order valence-corrected chi connectivity index (χ2v) is 6.22. The number of hydrogen-bond donors (Lipinski definition) is 2. The number of pyridine rings is 1. The van der Waals surface area contributed by atoms with E-state index in [0.29, 0.717) is 18.0 Å². The van der Waals surface area contributed by atoms with Gasteiger partial charge in [0, 0.05) is 5.39 Å². The van der Waals surface area contributed by atoms with Gasteiger partial charge in [-0.2, -0.15) is 0 Å². The minimum Gasteiger partial charge on any atom is -0.472 e. The number of nitrogens with one attached hydrogen (secondary N) is 1. The van der Waals surface area contributed by atoms with Crippen molar-refractivity contribution in [3.63, 3.8) is 0 Å². The van der Waals surface area contributed by atoms with E-state index in [1.807, 2.05) is 36.4 Å². The first-order valence-electron chi connectivity index (χ1n) is 8.57. The topological polar surface area (TPSA) is 107 Å². The van der Waals surface area contributed by atoms with E-state index in [1.165, 1.54) is 6.26 Å². The maximum Gasteiger partial charge on any atom is 0.277 e. The minimum atomic E-state index is -0.399. The summed E-state index contributed by atoms with van der Waals surface area (Å²) in [7, 11) is 0. The average Bonchev–Trinajstić information content (AvgIpc) is 3.38. The number of nitrogens with zero attached hydrogens (tertiary/aromatic N) is 2. The monoisotopic (exact) mass is 362 g/mol. The Morgan fingerprint density at radius 3 is 2.96 bits per heavy atom. The van der Waals surface area contributed by atoms with E-state index < -0.39 is 6.04 Å². The zero-order valence-corrected chi connectivity index (χ0v) is 14.5. The Balaban J connectivity index is 1.41. The van der Waals surface area contributed by atoms with E-state index in [1.54, 1.807) is 18.7 Å². The molecule has 0 saturated heterocycles. The number of oxazole rings is 1. The molecule has 3 N–H and O–H groups in total. The van der Waals surface area contributed by atoms with E-state index in [-0.39, 0.29) is 11.6 Å². The lowest BCUT2D eigenvalue weighted by Crippen LogP contribution is -2.15. The summed E-state index contributed by atoms with van der Waals surface area (Å²) in [5.74, 6) is -0.0376. The van der Waals surface area contributed by atoms with Crippen molar-refractivity contribution in [2.75, 3.05) is 5.32 Å². The number of anilines is 1. The summed E-state index contributed by atoms with van der Waals surface area (Å²) in [5, 5.41) is 3.72. The molecule has 1 amide bonds. The normalized spacial score (nSPS) is 12.2. The highest BCUT2D eigenvalue weighted by Crippen LogP contribution is 2.19. The summed E-state index contributed by atoms with van der Waals surface area (Å²) in [6.07, 6.45) is 7.60. The Labute approximate surface area is 155 Å². The largest absolute Gasteiger partial charge is 0.472 e. The fourth-order valence-electron chi connectivity index (χ4n) is 2.78. The average molecular weight is 362 g/mol. The van der Waals surface area contributed by atoms with Gasteiger partial charge in [0.1, 0.15) is 6.26 Å². The Morgan fingerprint density at radius 1 is 1.22 bits per heavy atom. The van der Waals surface area contributed by atoms with Crippen LogP contribution in [0.25, 0.3) is 10.9 Å². The summed E-state index contributed by atoms with van der Waals surface area (Å²) in [6.45, 7) is 0. The summed E-state index contributed by atoms with van der Waals surface area (Å²) < 4.78 is 10.4. The molecule has 7 nitrogen and oxygen atoms in total. The second-order valence-electron chi connectivity index (χ2n) is 6.22. The van der Waals surface area contributed by atoms with Crippen LogP contribution in [0.15, 0.2) is 70.2 Å². The zero-order chi connectivity index (χ0) is 18.6. The molecule has 0 aliphatic carbocycles. The second kappa shape index (κ2) is 7.43. The van der Waals surface area contributed by atoms with Crippen molar-refractivity contribution in [3.8, 4) is 0 Å². The molecule has 0 bridgehead atoms. The van der Waals surface area contributed by atoms with Crippen molar-refractivity contribution >= 4 is 22.5 Å². The number of hydrogen-bond acceptors (Lipinski definition) is 6. The number of nitrogens with two attached hydrogens (primary N) is 1. The van der Waals surface area contributed by atoms with Crippen LogP contribution in [0.1, 0.15) is 34.4 Å². The molecule has 3 heterocycles. The van der Waals surface area contributed by atoms with Crippen LogP contribution in [0, 0.1) is 0 Å². The van der Waals surface area contributed by atoms with E-state index in [2.05, 4.69) is 15.3 Å². The number of carbonyl (C=O) groups is 1. The number of para-hydroxylation sites is 1. The number of rotatable bonds is 6. The highest BCUT2D eigenvalue weighted by molar-refractivity contribution is 6.03. The number of aryl methyl sites for hydroxylation is 1. The van der Waals surface area contributed by atoms with Crippen molar-refractivity contribution in [3.05, 3.63) is 78.5 Å². The highest BCUT2D eigenvalue weighted by atomic mass is 16.3. The van der Waals surface area contributed by atoms with Crippen LogP contribution in [0.3, 0.4) is 0 Å². The third-order valence-corrected chi connectivity index (χ3v) is 4.24. The summed E-state index contributed by atoms with van der Waals surface area (Å²) in [5.41, 5.74) is 8.80. The maximum absolute atomic E-state index is 12.4. The molecule has 1 aromatic carbocycles. The van der Waals surface area contributed by atoms with Crippen molar-refractivity contribution in [2.24, 2.45) is 5.73 Å². The van der Waals surface area contributed by atoms with Crippen LogP contribution in [-0.2, 0) is 6.42 Å². The minimum absolute atomic E-state index is 0.178. The van der Waals surface area contributed by atoms with E-state index in [9.17, 15) is 4.79 Å². The third-order valence-electron chi connectivity index (χ3n) is 4.24. The summed E-state index contributed by atoms with van der Waals surface area (Å²) in [6, 6.07) is 11.0. The molecule has 0 unspecified atom stereocenters. The first-order chi connectivity index (χ1) is 13.2. The number of benzene rings is 1. The van der Waals surface area contributed by atoms with Gasteiger partial charge in [-0.25, -0.2) is 4.98 Å². The number of carbonyl (C=O) groups excluding carboxylic acids is 1. The van der Waals surface area contributed by atoms with Gasteiger partial charge in [-0.1, -0.05) is 18.2 Å². The number of amides is 1. The molecule has 0 saturated carbocycles. The number of furan rings is 1. The van der Waals surface area contributed by atoms with Gasteiger partial charge in [0.25, 0.3) is 5.91 Å². The Kier molecular flexibility index (Phi) is 4.67. The summed E-state index contributed by atoms with van der Waals surface area (Å²) >= 11 is 0. The van der Waals surface area contributed by atoms with Crippen molar-refractivity contribution in [1.82, 2.24) is 9.97 Å². The lowest BCUT2D eigenvalue weighted by molar-refractivity contribution is 0.102. The quantitative estimate of drug-likeness (QED) is 0.541. The molecule has 0 aliphatic rings. The first kappa shape index (κ1) is 17.0. The molecule has 0 fully saturated rings. The van der Waals surface area contributed by atoms with E-state index in [4.69, 9.17) is 14.6 Å². The van der Waals surface area contributed by atoms with Gasteiger partial charge in [0.15, 0.2) is 5.69 Å². The molecule has 27 heavy (non-hydrogen) atoms. The molecule has 0 spiro atoms. The van der Waals surface area contributed by atoms with Crippen LogP contribution >= 0.6 is 0 Å². The van der Waals surface area contributed by atoms with Crippen LogP contribution in [0.2, 0.25) is 0 Å². The molecule has 1 atom stereocenters. The van der Waals surface area contributed by atoms with Crippen molar-refractivity contribution in [2.45, 2.75) is 18.9 Å². The smallest absolute Gasteiger partial charge is 0.277 e. The van der Waals surface area contributed by atoms with Crippen LogP contribution in [-0.4, -0.2) is 15.9 Å². The Morgan fingerprint density at radius 2 is 2.11 bits per heavy atom. The van der Waals surface area contributed by atoms with Gasteiger partial charge >= 0.3 is 0 Å². The van der Waals surface area contributed by atoms with Crippen molar-refractivity contribution < 1.29 is 13.6 Å². The third kappa shape index (κ3) is 3.88. The van der Waals surface area contributed by atoms with Gasteiger partial charge in [0.2, 0.25) is 5.89 Å². The fourth-order valence-corrected chi connectivity index (χ4v) is 2.78. The number of aromatic nitrogens is 2. The van der Waals surface area contributed by atoms with E-state index in [0.717, 1.165) is 22.9 Å². The standard InChI is InChI=1S/C20H18N4O3/c21-16(6-5-13-7-8-26-11-13)20-24-18(12-27-20)19(25)23-15-9-14-3-1-2-4-17(14)22-10-15/h1-4,7-12,16H,5-6,21H2,(H,23,25)/t16-/m1/s1. The molecule has 4 aromatic rings. The maximum atomic E-state index is 12.4. The SMILES string of the molecule is N[C@H](CCc1ccoc1)c1nc(C(=O)Nc2cnc3ccccc3c2)co1. The zero-order valence-electron chi connectivity index (χ0n) is 14.5. The van der Waals surface area contributed by atoms with Gasteiger partial charge in [-0.3, -0.25) is 9.78 Å². The molecule has 0 radical (unpaired) electrons. The van der Waals surface area contributed by atoms with Gasteiger partial charge in [-0.05, 0) is 36.6 Å².